The fourth-order valence-corrected chi connectivity index (χ4v) is 3.96. The molecule has 1 N–H and O–H groups in total. The van der Waals surface area contributed by atoms with E-state index in [1.54, 1.807) is 36.4 Å². The minimum Gasteiger partial charge on any atom is -0.358 e. The number of para-hydroxylation sites is 1. The van der Waals surface area contributed by atoms with E-state index in [0.717, 1.165) is 9.25 Å². The van der Waals surface area contributed by atoms with Crippen molar-refractivity contribution in [1.82, 2.24) is 14.3 Å². The number of aromatic nitrogens is 3. The zero-order chi connectivity index (χ0) is 23.0. The molecule has 1 aliphatic rings. The Hall–Kier alpha value is -3.04. The number of aromatic amines is 1. The van der Waals surface area contributed by atoms with Crippen LogP contribution >= 0.6 is 11.6 Å². The predicted molar refractivity (Wildman–Crippen MR) is 115 cm³/mol. The van der Waals surface area contributed by atoms with Crippen LogP contribution in [0.1, 0.15) is 18.5 Å². The van der Waals surface area contributed by atoms with Crippen LogP contribution in [0, 0.1) is 0 Å². The number of H-pyrrole nitrogens is 1. The van der Waals surface area contributed by atoms with Crippen molar-refractivity contribution < 1.29 is 17.9 Å². The van der Waals surface area contributed by atoms with Crippen molar-refractivity contribution in [3.63, 3.8) is 0 Å². The molecule has 0 radical (unpaired) electrons. The molecule has 10 heteroatoms. The van der Waals surface area contributed by atoms with Crippen molar-refractivity contribution in [2.45, 2.75) is 31.7 Å². The largest absolute Gasteiger partial charge is 0.418 e. The van der Waals surface area contributed by atoms with Crippen LogP contribution in [-0.2, 0) is 18.4 Å². The van der Waals surface area contributed by atoms with E-state index in [2.05, 4.69) is 5.10 Å². The van der Waals surface area contributed by atoms with Crippen molar-refractivity contribution in [2.75, 3.05) is 0 Å². The first kappa shape index (κ1) is 22.2. The summed E-state index contributed by atoms with van der Waals surface area (Å²) in [5, 5.41) is 3.17. The summed E-state index contributed by atoms with van der Waals surface area (Å²) in [5.41, 5.74) is -0.372. The molecule has 0 bridgehead atoms. The van der Waals surface area contributed by atoms with Gasteiger partial charge in [-0.2, -0.15) is 13.2 Å². The third kappa shape index (κ3) is 4.05. The number of nitrogens with one attached hydrogen (secondary N) is 1. The van der Waals surface area contributed by atoms with E-state index in [-0.39, 0.29) is 28.6 Å². The van der Waals surface area contributed by atoms with Crippen LogP contribution in [0.4, 0.5) is 13.2 Å². The number of rotatable bonds is 5. The van der Waals surface area contributed by atoms with Gasteiger partial charge in [0, 0.05) is 13.1 Å². The zero-order valence-electron chi connectivity index (χ0n) is 16.9. The van der Waals surface area contributed by atoms with Crippen LogP contribution < -0.4 is 11.1 Å². The molecule has 0 fully saturated rings. The van der Waals surface area contributed by atoms with Gasteiger partial charge in [0.1, 0.15) is 0 Å². The third-order valence-corrected chi connectivity index (χ3v) is 5.69. The molecule has 0 saturated heterocycles. The Kier molecular flexibility index (Phi) is 5.87. The summed E-state index contributed by atoms with van der Waals surface area (Å²) in [6.07, 6.45) is -1.35. The van der Waals surface area contributed by atoms with Crippen LogP contribution in [0.25, 0.3) is 16.6 Å². The van der Waals surface area contributed by atoms with E-state index in [1.807, 2.05) is 0 Å². The van der Waals surface area contributed by atoms with E-state index in [9.17, 15) is 22.8 Å². The Bertz CT molecular complexity index is 1350. The van der Waals surface area contributed by atoms with Crippen molar-refractivity contribution >= 4 is 22.5 Å². The van der Waals surface area contributed by atoms with Crippen molar-refractivity contribution in [3.8, 4) is 5.69 Å². The van der Waals surface area contributed by atoms with Crippen LogP contribution in [-0.4, -0.2) is 26.6 Å². The molecular formula is C22H19ClF3N3O3. The number of hydrogen-bond acceptors (Lipinski definition) is 3. The molecule has 1 aliphatic carbocycles. The van der Waals surface area contributed by atoms with E-state index < -0.39 is 30.0 Å². The SMILES string of the molecule is Cn1c(COC(C2=CC=CCC2)C(F)(F)F)c2c(=O)n(-c3ccccc3Cl)[nH]c2cc1=O. The molecule has 168 valence electrons. The normalized spacial score (nSPS) is 15.2. The number of nitrogens with zero attached hydrogens (tertiary/aromatic N) is 2. The van der Waals surface area contributed by atoms with Crippen molar-refractivity contribution in [2.24, 2.45) is 7.05 Å². The highest BCUT2D eigenvalue weighted by Crippen LogP contribution is 2.33. The number of fused-ring (bicyclic) bond motifs is 1. The lowest BCUT2D eigenvalue weighted by Crippen LogP contribution is -2.34. The molecule has 32 heavy (non-hydrogen) atoms. The molecular weight excluding hydrogens is 447 g/mol. The maximum atomic E-state index is 13.7. The molecule has 1 unspecified atom stereocenters. The van der Waals surface area contributed by atoms with Gasteiger partial charge in [-0.1, -0.05) is 42.0 Å². The summed E-state index contributed by atoms with van der Waals surface area (Å²) >= 11 is 6.19. The average Bonchev–Trinajstić information content (AvgIpc) is 3.06. The first-order valence-corrected chi connectivity index (χ1v) is 10.2. The Morgan fingerprint density at radius 3 is 2.66 bits per heavy atom. The number of alkyl halides is 3. The Morgan fingerprint density at radius 1 is 1.25 bits per heavy atom. The Morgan fingerprint density at radius 2 is 2.00 bits per heavy atom. The maximum Gasteiger partial charge on any atom is 0.418 e. The minimum absolute atomic E-state index is 0.0424. The number of halogens is 4. The smallest absolute Gasteiger partial charge is 0.358 e. The second-order valence-corrected chi connectivity index (χ2v) is 7.83. The molecule has 4 rings (SSSR count). The van der Waals surface area contributed by atoms with Gasteiger partial charge < -0.3 is 9.30 Å². The fraction of sp³-hybridized carbons (Fsp3) is 0.273. The lowest BCUT2D eigenvalue weighted by molar-refractivity contribution is -0.211. The molecule has 1 atom stereocenters. The van der Waals surface area contributed by atoms with Gasteiger partial charge in [-0.05, 0) is 30.5 Å². The second-order valence-electron chi connectivity index (χ2n) is 7.42. The standard InChI is InChI=1S/C22H19ClF3N3O3/c1-28-17(12-32-20(22(24,25)26)13-7-3-2-4-8-13)19-15(11-18(28)30)27-29(21(19)31)16-10-6-5-9-14(16)23/h2-3,5-7,9-11,20,27H,4,8,12H2,1H3. The lowest BCUT2D eigenvalue weighted by Gasteiger charge is -2.25. The number of pyridine rings is 1. The summed E-state index contributed by atoms with van der Waals surface area (Å²) in [4.78, 5) is 25.6. The van der Waals surface area contributed by atoms with Gasteiger partial charge in [0.15, 0.2) is 6.10 Å². The average molecular weight is 466 g/mol. The molecule has 0 amide bonds. The van der Waals surface area contributed by atoms with E-state index in [4.69, 9.17) is 16.3 Å². The maximum absolute atomic E-state index is 13.7. The number of allylic oxidation sites excluding steroid dienone is 3. The molecule has 0 spiro atoms. The second kappa shape index (κ2) is 8.48. The quantitative estimate of drug-likeness (QED) is 0.607. The van der Waals surface area contributed by atoms with Crippen LogP contribution in [0.15, 0.2) is 63.7 Å². The topological polar surface area (TPSA) is 69.0 Å². The summed E-state index contributed by atoms with van der Waals surface area (Å²) < 4.78 is 48.7. The fourth-order valence-electron chi connectivity index (χ4n) is 3.74. The summed E-state index contributed by atoms with van der Waals surface area (Å²) in [7, 11) is 1.39. The first-order valence-electron chi connectivity index (χ1n) is 9.81. The van der Waals surface area contributed by atoms with Crippen molar-refractivity contribution in [1.29, 1.82) is 0 Å². The molecule has 2 aromatic heterocycles. The molecule has 6 nitrogen and oxygen atoms in total. The van der Waals surface area contributed by atoms with Gasteiger partial charge in [-0.15, -0.1) is 0 Å². The van der Waals surface area contributed by atoms with Gasteiger partial charge in [0.05, 0.1) is 33.9 Å². The van der Waals surface area contributed by atoms with Crippen LogP contribution in [0.2, 0.25) is 5.02 Å². The van der Waals surface area contributed by atoms with E-state index >= 15 is 0 Å². The third-order valence-electron chi connectivity index (χ3n) is 5.37. The van der Waals surface area contributed by atoms with Gasteiger partial charge in [0.25, 0.3) is 11.1 Å². The summed E-state index contributed by atoms with van der Waals surface area (Å²) in [5.74, 6) is 0. The lowest BCUT2D eigenvalue weighted by atomic mass is 9.99. The number of benzene rings is 1. The Balaban J connectivity index is 1.80. The van der Waals surface area contributed by atoms with Gasteiger partial charge in [-0.25, -0.2) is 4.68 Å². The monoisotopic (exact) mass is 465 g/mol. The number of ether oxygens (including phenoxy) is 1. The van der Waals surface area contributed by atoms with E-state index in [1.165, 1.54) is 19.2 Å². The minimum atomic E-state index is -4.64. The molecule has 2 heterocycles. The zero-order valence-corrected chi connectivity index (χ0v) is 17.7. The van der Waals surface area contributed by atoms with Gasteiger partial charge in [0.2, 0.25) is 0 Å². The molecule has 3 aromatic rings. The van der Waals surface area contributed by atoms with Gasteiger partial charge in [-0.3, -0.25) is 14.7 Å². The summed E-state index contributed by atoms with van der Waals surface area (Å²) in [6.45, 7) is -0.579. The highest BCUT2D eigenvalue weighted by molar-refractivity contribution is 6.32. The highest BCUT2D eigenvalue weighted by Gasteiger charge is 2.43. The number of hydrogen-bond donors (Lipinski definition) is 1. The van der Waals surface area contributed by atoms with Crippen molar-refractivity contribution in [3.05, 3.63) is 85.6 Å². The predicted octanol–water partition coefficient (Wildman–Crippen LogP) is 4.39. The van der Waals surface area contributed by atoms with Crippen LogP contribution in [0.3, 0.4) is 0 Å². The van der Waals surface area contributed by atoms with Gasteiger partial charge >= 0.3 is 6.18 Å². The van der Waals surface area contributed by atoms with E-state index in [0.29, 0.717) is 17.1 Å². The molecule has 0 aliphatic heterocycles. The highest BCUT2D eigenvalue weighted by atomic mass is 35.5. The summed E-state index contributed by atoms with van der Waals surface area (Å²) in [6, 6.07) is 7.79. The molecule has 1 aromatic carbocycles. The van der Waals surface area contributed by atoms with Crippen LogP contribution in [0.5, 0.6) is 0 Å². The first-order chi connectivity index (χ1) is 15.2. The Labute approximate surface area is 185 Å². The molecule has 0 saturated carbocycles.